The van der Waals surface area contributed by atoms with Crippen molar-refractivity contribution in [3.8, 4) is 0 Å². The lowest BCUT2D eigenvalue weighted by molar-refractivity contribution is 0.0911. The molecule has 0 saturated carbocycles. The highest BCUT2D eigenvalue weighted by Gasteiger charge is 2.21. The maximum Gasteiger partial charge on any atom is 0.261 e. The van der Waals surface area contributed by atoms with Gasteiger partial charge in [-0.05, 0) is 87.2 Å². The predicted molar refractivity (Wildman–Crippen MR) is 125 cm³/mol. The SMILES string of the molecule is CCCCN1CCC(NC(=O)c2ccc(NS(=O)(=O)c3ccc(C)c(C)c3)cc2)CC1. The number of unbranched alkanes of at least 4 members (excludes halogenated alkanes) is 1. The van der Waals surface area contributed by atoms with Crippen LogP contribution < -0.4 is 10.0 Å². The van der Waals surface area contributed by atoms with Gasteiger partial charge in [-0.15, -0.1) is 0 Å². The van der Waals surface area contributed by atoms with Crippen molar-refractivity contribution in [3.05, 3.63) is 59.2 Å². The number of amides is 1. The second kappa shape index (κ2) is 10.3. The van der Waals surface area contributed by atoms with Gasteiger partial charge in [0.25, 0.3) is 15.9 Å². The van der Waals surface area contributed by atoms with Crippen LogP contribution in [0.3, 0.4) is 0 Å². The Bertz CT molecular complexity index is 995. The zero-order valence-corrected chi connectivity index (χ0v) is 19.5. The molecule has 0 unspecified atom stereocenters. The molecule has 1 aliphatic heterocycles. The van der Waals surface area contributed by atoms with E-state index in [0.717, 1.165) is 43.6 Å². The summed E-state index contributed by atoms with van der Waals surface area (Å²) >= 11 is 0. The zero-order valence-electron chi connectivity index (χ0n) is 18.6. The van der Waals surface area contributed by atoms with Crippen LogP contribution in [0.15, 0.2) is 47.4 Å². The molecule has 6 nitrogen and oxygen atoms in total. The summed E-state index contributed by atoms with van der Waals surface area (Å²) in [5.41, 5.74) is 2.92. The summed E-state index contributed by atoms with van der Waals surface area (Å²) in [6.45, 7) is 9.20. The fourth-order valence-corrected chi connectivity index (χ4v) is 4.88. The molecule has 2 aromatic rings. The first kappa shape index (κ1) is 23.3. The van der Waals surface area contributed by atoms with E-state index in [9.17, 15) is 13.2 Å². The molecule has 0 spiro atoms. The third-order valence-electron chi connectivity index (χ3n) is 5.94. The van der Waals surface area contributed by atoms with Crippen LogP contribution in [-0.4, -0.2) is 44.9 Å². The van der Waals surface area contributed by atoms with Crippen LogP contribution in [0.4, 0.5) is 5.69 Å². The molecule has 1 saturated heterocycles. The van der Waals surface area contributed by atoms with E-state index < -0.39 is 10.0 Å². The van der Waals surface area contributed by atoms with Gasteiger partial charge in [-0.25, -0.2) is 8.42 Å². The molecule has 2 aromatic carbocycles. The third kappa shape index (κ3) is 6.31. The van der Waals surface area contributed by atoms with E-state index >= 15 is 0 Å². The number of nitrogens with one attached hydrogen (secondary N) is 2. The number of carbonyl (C=O) groups excluding carboxylic acids is 1. The van der Waals surface area contributed by atoms with Crippen molar-refractivity contribution in [1.29, 1.82) is 0 Å². The Balaban J connectivity index is 1.56. The monoisotopic (exact) mass is 443 g/mol. The van der Waals surface area contributed by atoms with E-state index in [1.165, 1.54) is 12.8 Å². The Morgan fingerprint density at radius 2 is 1.71 bits per heavy atom. The molecule has 0 atom stereocenters. The number of hydrogen-bond donors (Lipinski definition) is 2. The van der Waals surface area contributed by atoms with Crippen molar-refractivity contribution in [2.75, 3.05) is 24.4 Å². The molecule has 1 heterocycles. The minimum absolute atomic E-state index is 0.115. The van der Waals surface area contributed by atoms with E-state index in [2.05, 4.69) is 21.9 Å². The summed E-state index contributed by atoms with van der Waals surface area (Å²) < 4.78 is 27.9. The van der Waals surface area contributed by atoms with Crippen molar-refractivity contribution >= 4 is 21.6 Å². The lowest BCUT2D eigenvalue weighted by Crippen LogP contribution is -2.44. The Morgan fingerprint density at radius 3 is 2.32 bits per heavy atom. The standard InChI is InChI=1S/C24H33N3O3S/c1-4-5-14-27-15-12-21(13-16-27)25-24(28)20-7-9-22(10-8-20)26-31(29,30)23-11-6-18(2)19(3)17-23/h6-11,17,21,26H,4-5,12-16H2,1-3H3,(H,25,28). The molecule has 0 aliphatic carbocycles. The summed E-state index contributed by atoms with van der Waals surface area (Å²) in [6, 6.07) is 11.8. The average Bonchev–Trinajstić information content (AvgIpc) is 2.75. The molecule has 1 fully saturated rings. The Morgan fingerprint density at radius 1 is 1.03 bits per heavy atom. The number of hydrogen-bond acceptors (Lipinski definition) is 4. The molecular formula is C24H33N3O3S. The Kier molecular flexibility index (Phi) is 7.73. The number of anilines is 1. The van der Waals surface area contributed by atoms with E-state index in [0.29, 0.717) is 11.3 Å². The minimum Gasteiger partial charge on any atom is -0.349 e. The highest BCUT2D eigenvalue weighted by atomic mass is 32.2. The van der Waals surface area contributed by atoms with Crippen molar-refractivity contribution in [3.63, 3.8) is 0 Å². The number of sulfonamides is 1. The molecular weight excluding hydrogens is 410 g/mol. The van der Waals surface area contributed by atoms with Crippen LogP contribution in [0.25, 0.3) is 0 Å². The van der Waals surface area contributed by atoms with Crippen LogP contribution >= 0.6 is 0 Å². The van der Waals surface area contributed by atoms with Crippen molar-refractivity contribution in [2.24, 2.45) is 0 Å². The third-order valence-corrected chi connectivity index (χ3v) is 7.32. The largest absolute Gasteiger partial charge is 0.349 e. The van der Waals surface area contributed by atoms with Gasteiger partial charge in [-0.3, -0.25) is 9.52 Å². The first-order valence-electron chi connectivity index (χ1n) is 11.0. The maximum absolute atomic E-state index is 12.6. The van der Waals surface area contributed by atoms with Crippen LogP contribution in [-0.2, 0) is 10.0 Å². The van der Waals surface area contributed by atoms with E-state index in [1.807, 2.05) is 13.8 Å². The van der Waals surface area contributed by atoms with Crippen LogP contribution in [0.2, 0.25) is 0 Å². The second-order valence-corrected chi connectivity index (χ2v) is 10.1. The first-order valence-corrected chi connectivity index (χ1v) is 12.5. The second-order valence-electron chi connectivity index (χ2n) is 8.37. The Labute approximate surface area is 186 Å². The summed E-state index contributed by atoms with van der Waals surface area (Å²) in [6.07, 6.45) is 4.34. The number of nitrogens with zero attached hydrogens (tertiary/aromatic N) is 1. The van der Waals surface area contributed by atoms with E-state index in [-0.39, 0.29) is 16.8 Å². The summed E-state index contributed by atoms with van der Waals surface area (Å²) in [4.78, 5) is 15.3. The smallest absolute Gasteiger partial charge is 0.261 e. The van der Waals surface area contributed by atoms with Gasteiger partial charge >= 0.3 is 0 Å². The molecule has 3 rings (SSSR count). The van der Waals surface area contributed by atoms with Crippen LogP contribution in [0.1, 0.15) is 54.1 Å². The molecule has 2 N–H and O–H groups in total. The van der Waals surface area contributed by atoms with Gasteiger partial charge in [0.15, 0.2) is 0 Å². The van der Waals surface area contributed by atoms with Gasteiger partial charge in [0.1, 0.15) is 0 Å². The summed E-state index contributed by atoms with van der Waals surface area (Å²) in [5, 5.41) is 3.11. The van der Waals surface area contributed by atoms with Crippen LogP contribution in [0.5, 0.6) is 0 Å². The van der Waals surface area contributed by atoms with Crippen LogP contribution in [0, 0.1) is 13.8 Å². The lowest BCUT2D eigenvalue weighted by atomic mass is 10.0. The number of piperidine rings is 1. The molecule has 0 bridgehead atoms. The predicted octanol–water partition coefficient (Wildman–Crippen LogP) is 4.10. The van der Waals surface area contributed by atoms with Gasteiger partial charge in [0.2, 0.25) is 0 Å². The van der Waals surface area contributed by atoms with Gasteiger partial charge < -0.3 is 10.2 Å². The highest BCUT2D eigenvalue weighted by Crippen LogP contribution is 2.20. The molecule has 1 amide bonds. The fraction of sp³-hybridized carbons (Fsp3) is 0.458. The van der Waals surface area contributed by atoms with Crippen molar-refractivity contribution in [1.82, 2.24) is 10.2 Å². The van der Waals surface area contributed by atoms with Gasteiger partial charge in [0.05, 0.1) is 4.90 Å². The lowest BCUT2D eigenvalue weighted by Gasteiger charge is -2.32. The van der Waals surface area contributed by atoms with E-state index in [4.69, 9.17) is 0 Å². The highest BCUT2D eigenvalue weighted by molar-refractivity contribution is 7.92. The van der Waals surface area contributed by atoms with Gasteiger partial charge in [0, 0.05) is 30.4 Å². The normalized spacial score (nSPS) is 15.6. The fourth-order valence-electron chi connectivity index (χ4n) is 3.74. The molecule has 0 radical (unpaired) electrons. The minimum atomic E-state index is -3.68. The molecule has 7 heteroatoms. The number of benzene rings is 2. The van der Waals surface area contributed by atoms with Crippen molar-refractivity contribution < 1.29 is 13.2 Å². The summed E-state index contributed by atoms with van der Waals surface area (Å²) in [7, 11) is -3.68. The number of likely N-dealkylation sites (tertiary alicyclic amines) is 1. The van der Waals surface area contributed by atoms with Gasteiger partial charge in [-0.1, -0.05) is 19.4 Å². The maximum atomic E-state index is 12.6. The molecule has 1 aliphatic rings. The number of carbonyl (C=O) groups is 1. The molecule has 31 heavy (non-hydrogen) atoms. The van der Waals surface area contributed by atoms with Crippen molar-refractivity contribution in [2.45, 2.75) is 57.4 Å². The summed E-state index contributed by atoms with van der Waals surface area (Å²) in [5.74, 6) is -0.115. The number of rotatable bonds is 8. The molecule has 168 valence electrons. The molecule has 0 aromatic heterocycles. The topological polar surface area (TPSA) is 78.5 Å². The van der Waals surface area contributed by atoms with Gasteiger partial charge in [-0.2, -0.15) is 0 Å². The quantitative estimate of drug-likeness (QED) is 0.644. The first-order chi connectivity index (χ1) is 14.8. The number of aryl methyl sites for hydroxylation is 2. The zero-order chi connectivity index (χ0) is 22.4. The Hall–Kier alpha value is -2.38. The van der Waals surface area contributed by atoms with E-state index in [1.54, 1.807) is 42.5 Å². The average molecular weight is 444 g/mol.